The summed E-state index contributed by atoms with van der Waals surface area (Å²) < 4.78 is 11.3. The lowest BCUT2D eigenvalue weighted by Gasteiger charge is -2.22. The van der Waals surface area contributed by atoms with E-state index >= 15 is 0 Å². The Morgan fingerprint density at radius 1 is 1.28 bits per heavy atom. The van der Waals surface area contributed by atoms with Crippen LogP contribution in [0.25, 0.3) is 0 Å². The van der Waals surface area contributed by atoms with Crippen LogP contribution in [0.3, 0.4) is 0 Å². The standard InChI is InChI=1S/C21H28ClN3O3S/c1-15(2)5-11-28-19-17(22)13-16(14-18(19)27-3)20(26)24-7-4-8-25(10-9-24)21-23-6-12-29-21/h6,12-15H,4-5,7-11H2,1-3H3. The van der Waals surface area contributed by atoms with Gasteiger partial charge in [0.15, 0.2) is 16.6 Å². The van der Waals surface area contributed by atoms with Gasteiger partial charge in [0.05, 0.1) is 18.7 Å². The Labute approximate surface area is 181 Å². The van der Waals surface area contributed by atoms with E-state index in [1.807, 2.05) is 16.5 Å². The fourth-order valence-corrected chi connectivity index (χ4v) is 4.21. The molecule has 0 spiro atoms. The van der Waals surface area contributed by atoms with Gasteiger partial charge in [-0.05, 0) is 30.9 Å². The van der Waals surface area contributed by atoms with E-state index in [-0.39, 0.29) is 5.91 Å². The number of hydrogen-bond acceptors (Lipinski definition) is 6. The highest BCUT2D eigenvalue weighted by Crippen LogP contribution is 2.37. The summed E-state index contributed by atoms with van der Waals surface area (Å²) in [6.45, 7) is 7.84. The molecule has 1 aliphatic rings. The van der Waals surface area contributed by atoms with Gasteiger partial charge < -0.3 is 19.3 Å². The molecule has 2 aromatic rings. The Balaban J connectivity index is 1.70. The molecule has 158 valence electrons. The van der Waals surface area contributed by atoms with Crippen LogP contribution in [0.5, 0.6) is 11.5 Å². The first-order chi connectivity index (χ1) is 14.0. The molecule has 29 heavy (non-hydrogen) atoms. The smallest absolute Gasteiger partial charge is 0.254 e. The molecule has 0 unspecified atom stereocenters. The normalized spacial score (nSPS) is 14.8. The Kier molecular flexibility index (Phi) is 7.61. The van der Waals surface area contributed by atoms with E-state index in [2.05, 4.69) is 23.7 Å². The van der Waals surface area contributed by atoms with Crippen molar-refractivity contribution in [3.8, 4) is 11.5 Å². The molecule has 2 heterocycles. The number of amides is 1. The number of thiazole rings is 1. The molecule has 3 rings (SSSR count). The maximum Gasteiger partial charge on any atom is 0.254 e. The van der Waals surface area contributed by atoms with Gasteiger partial charge in [0.25, 0.3) is 5.91 Å². The molecule has 0 atom stereocenters. The largest absolute Gasteiger partial charge is 0.493 e. The number of hydrogen-bond donors (Lipinski definition) is 0. The molecule has 8 heteroatoms. The van der Waals surface area contributed by atoms with Crippen molar-refractivity contribution in [1.29, 1.82) is 0 Å². The van der Waals surface area contributed by atoms with E-state index in [4.69, 9.17) is 21.1 Å². The quantitative estimate of drug-likeness (QED) is 0.634. The van der Waals surface area contributed by atoms with Crippen molar-refractivity contribution in [2.45, 2.75) is 26.7 Å². The summed E-state index contributed by atoms with van der Waals surface area (Å²) in [6.07, 6.45) is 3.63. The summed E-state index contributed by atoms with van der Waals surface area (Å²) in [5, 5.41) is 3.38. The van der Waals surface area contributed by atoms with E-state index in [9.17, 15) is 4.79 Å². The zero-order chi connectivity index (χ0) is 20.8. The van der Waals surface area contributed by atoms with Crippen molar-refractivity contribution < 1.29 is 14.3 Å². The Hall–Kier alpha value is -1.99. The number of methoxy groups -OCH3 is 1. The molecule has 1 amide bonds. The second-order valence-electron chi connectivity index (χ2n) is 7.47. The van der Waals surface area contributed by atoms with Crippen LogP contribution < -0.4 is 14.4 Å². The minimum Gasteiger partial charge on any atom is -0.493 e. The van der Waals surface area contributed by atoms with Gasteiger partial charge in [0.2, 0.25) is 0 Å². The summed E-state index contributed by atoms with van der Waals surface area (Å²) in [6, 6.07) is 3.41. The third-order valence-electron chi connectivity index (χ3n) is 4.89. The molecule has 0 aliphatic carbocycles. The lowest BCUT2D eigenvalue weighted by Crippen LogP contribution is -2.35. The van der Waals surface area contributed by atoms with E-state index < -0.39 is 0 Å². The second-order valence-corrected chi connectivity index (χ2v) is 8.75. The highest BCUT2D eigenvalue weighted by Gasteiger charge is 2.23. The van der Waals surface area contributed by atoms with E-state index in [1.165, 1.54) is 0 Å². The summed E-state index contributed by atoms with van der Waals surface area (Å²) in [4.78, 5) is 21.6. The first-order valence-corrected chi connectivity index (χ1v) is 11.2. The first-order valence-electron chi connectivity index (χ1n) is 9.93. The minimum absolute atomic E-state index is 0.0417. The molecule has 1 fully saturated rings. The van der Waals surface area contributed by atoms with Crippen LogP contribution in [-0.4, -0.2) is 55.7 Å². The molecule has 1 aromatic carbocycles. The van der Waals surface area contributed by atoms with Crippen LogP contribution in [-0.2, 0) is 0 Å². The summed E-state index contributed by atoms with van der Waals surface area (Å²) in [5.41, 5.74) is 0.519. The second kappa shape index (κ2) is 10.2. The van der Waals surface area contributed by atoms with Crippen molar-refractivity contribution in [3.05, 3.63) is 34.3 Å². The molecule has 0 radical (unpaired) electrons. The van der Waals surface area contributed by atoms with Crippen LogP contribution in [0.15, 0.2) is 23.7 Å². The first kappa shape index (κ1) is 21.7. The van der Waals surface area contributed by atoms with Crippen molar-refractivity contribution in [2.24, 2.45) is 5.92 Å². The van der Waals surface area contributed by atoms with E-state index in [1.54, 1.807) is 30.6 Å². The number of anilines is 1. The predicted molar refractivity (Wildman–Crippen MR) is 118 cm³/mol. The predicted octanol–water partition coefficient (Wildman–Crippen LogP) is 4.58. The molecule has 1 aliphatic heterocycles. The number of rotatable bonds is 7. The third kappa shape index (κ3) is 5.54. The number of nitrogens with zero attached hydrogens (tertiary/aromatic N) is 3. The molecular weight excluding hydrogens is 410 g/mol. The Morgan fingerprint density at radius 2 is 2.10 bits per heavy atom. The Bertz CT molecular complexity index is 814. The van der Waals surface area contributed by atoms with Gasteiger partial charge in [-0.1, -0.05) is 25.4 Å². The van der Waals surface area contributed by atoms with Crippen LogP contribution in [0, 0.1) is 5.92 Å². The number of benzene rings is 1. The van der Waals surface area contributed by atoms with Crippen molar-refractivity contribution >= 4 is 34.0 Å². The Morgan fingerprint density at radius 3 is 2.79 bits per heavy atom. The van der Waals surface area contributed by atoms with Gasteiger partial charge >= 0.3 is 0 Å². The monoisotopic (exact) mass is 437 g/mol. The SMILES string of the molecule is COc1cc(C(=O)N2CCCN(c3nccs3)CC2)cc(Cl)c1OCCC(C)C. The summed E-state index contributed by atoms with van der Waals surface area (Å²) >= 11 is 8.07. The molecule has 1 saturated heterocycles. The number of halogens is 1. The maximum absolute atomic E-state index is 13.1. The minimum atomic E-state index is -0.0417. The molecule has 6 nitrogen and oxygen atoms in total. The van der Waals surface area contributed by atoms with E-state index in [0.717, 1.165) is 31.1 Å². The van der Waals surface area contributed by atoms with Gasteiger partial charge in [-0.2, -0.15) is 0 Å². The third-order valence-corrected chi connectivity index (χ3v) is 6.00. The number of carbonyl (C=O) groups excluding carboxylic acids is 1. The highest BCUT2D eigenvalue weighted by atomic mass is 35.5. The van der Waals surface area contributed by atoms with Gasteiger partial charge in [0.1, 0.15) is 0 Å². The van der Waals surface area contributed by atoms with Gasteiger partial charge in [-0.15, -0.1) is 11.3 Å². The van der Waals surface area contributed by atoms with Crippen molar-refractivity contribution in [2.75, 3.05) is 44.8 Å². The van der Waals surface area contributed by atoms with E-state index in [0.29, 0.717) is 47.7 Å². The fraction of sp³-hybridized carbons (Fsp3) is 0.524. The molecule has 0 bridgehead atoms. The van der Waals surface area contributed by atoms with Crippen LogP contribution in [0.2, 0.25) is 5.02 Å². The van der Waals surface area contributed by atoms with Crippen LogP contribution in [0.1, 0.15) is 37.0 Å². The number of ether oxygens (including phenoxy) is 2. The summed E-state index contributed by atoms with van der Waals surface area (Å²) in [7, 11) is 1.56. The number of carbonyl (C=O) groups is 1. The lowest BCUT2D eigenvalue weighted by molar-refractivity contribution is 0.0766. The van der Waals surface area contributed by atoms with Gasteiger partial charge in [-0.25, -0.2) is 4.98 Å². The van der Waals surface area contributed by atoms with Gasteiger partial charge in [-0.3, -0.25) is 4.79 Å². The maximum atomic E-state index is 13.1. The van der Waals surface area contributed by atoms with Gasteiger partial charge in [0, 0.05) is 43.3 Å². The van der Waals surface area contributed by atoms with Crippen molar-refractivity contribution in [3.63, 3.8) is 0 Å². The topological polar surface area (TPSA) is 54.9 Å². The molecule has 0 saturated carbocycles. The lowest BCUT2D eigenvalue weighted by atomic mass is 10.1. The summed E-state index contributed by atoms with van der Waals surface area (Å²) in [5.74, 6) is 1.48. The zero-order valence-electron chi connectivity index (χ0n) is 17.2. The average Bonchev–Trinajstić information content (AvgIpc) is 3.12. The molecule has 1 aromatic heterocycles. The average molecular weight is 438 g/mol. The molecule has 0 N–H and O–H groups in total. The highest BCUT2D eigenvalue weighted by molar-refractivity contribution is 7.13. The van der Waals surface area contributed by atoms with Crippen LogP contribution in [0.4, 0.5) is 5.13 Å². The zero-order valence-corrected chi connectivity index (χ0v) is 18.8. The van der Waals surface area contributed by atoms with Crippen molar-refractivity contribution in [1.82, 2.24) is 9.88 Å². The number of aromatic nitrogens is 1. The van der Waals surface area contributed by atoms with Crippen LogP contribution >= 0.6 is 22.9 Å². The fourth-order valence-electron chi connectivity index (χ4n) is 3.25. The molecular formula is C21H28ClN3O3S.